The Balaban J connectivity index is 1.52. The Bertz CT molecular complexity index is 458. The number of piperidine rings is 1. The molecule has 0 amide bonds. The number of aliphatic hydroxyl groups is 1. The van der Waals surface area contributed by atoms with Crippen LogP contribution in [0.1, 0.15) is 45.1 Å². The van der Waals surface area contributed by atoms with Gasteiger partial charge in [-0.15, -0.1) is 0 Å². The first kappa shape index (κ1) is 16.0. The maximum Gasteiger partial charge on any atom is 0.0798 e. The van der Waals surface area contributed by atoms with Gasteiger partial charge in [0.2, 0.25) is 0 Å². The van der Waals surface area contributed by atoms with Gasteiger partial charge in [0.1, 0.15) is 0 Å². The summed E-state index contributed by atoms with van der Waals surface area (Å²) in [6.45, 7) is 8.47. The van der Waals surface area contributed by atoms with Gasteiger partial charge < -0.3 is 5.11 Å². The van der Waals surface area contributed by atoms with Crippen LogP contribution in [0.4, 0.5) is 0 Å². The minimum atomic E-state index is -0.486. The molecule has 0 aliphatic carbocycles. The van der Waals surface area contributed by atoms with Crippen LogP contribution in [-0.2, 0) is 6.54 Å². The van der Waals surface area contributed by atoms with E-state index >= 15 is 0 Å². The molecule has 0 spiro atoms. The lowest BCUT2D eigenvalue weighted by molar-refractivity contribution is -0.0538. The lowest BCUT2D eigenvalue weighted by atomic mass is 9.90. The van der Waals surface area contributed by atoms with Crippen molar-refractivity contribution in [1.82, 2.24) is 9.80 Å². The van der Waals surface area contributed by atoms with Crippen LogP contribution in [0.2, 0.25) is 0 Å². The molecule has 2 heterocycles. The molecule has 3 nitrogen and oxygen atoms in total. The van der Waals surface area contributed by atoms with Gasteiger partial charge in [0.05, 0.1) is 5.60 Å². The van der Waals surface area contributed by atoms with Gasteiger partial charge in [-0.1, -0.05) is 30.3 Å². The molecule has 2 unspecified atom stereocenters. The number of hydrogen-bond acceptors (Lipinski definition) is 3. The van der Waals surface area contributed by atoms with Crippen molar-refractivity contribution in [1.29, 1.82) is 0 Å². The Labute approximate surface area is 134 Å². The normalized spacial score (nSPS) is 29.8. The summed E-state index contributed by atoms with van der Waals surface area (Å²) in [5.74, 6) is 0. The predicted molar refractivity (Wildman–Crippen MR) is 90.8 cm³/mol. The third-order valence-electron chi connectivity index (χ3n) is 5.65. The van der Waals surface area contributed by atoms with Crippen molar-refractivity contribution in [2.24, 2.45) is 0 Å². The molecule has 2 atom stereocenters. The van der Waals surface area contributed by atoms with Gasteiger partial charge >= 0.3 is 0 Å². The van der Waals surface area contributed by atoms with Crippen LogP contribution in [0.25, 0.3) is 0 Å². The maximum atomic E-state index is 11.0. The molecule has 0 bridgehead atoms. The van der Waals surface area contributed by atoms with E-state index in [0.717, 1.165) is 39.0 Å². The molecule has 0 aromatic heterocycles. The van der Waals surface area contributed by atoms with Crippen LogP contribution in [0, 0.1) is 0 Å². The Morgan fingerprint density at radius 3 is 2.23 bits per heavy atom. The Hall–Kier alpha value is -0.900. The average Bonchev–Trinajstić information content (AvgIpc) is 2.83. The highest BCUT2D eigenvalue weighted by atomic mass is 16.3. The highest BCUT2D eigenvalue weighted by molar-refractivity contribution is 5.14. The summed E-state index contributed by atoms with van der Waals surface area (Å²) >= 11 is 0. The fourth-order valence-corrected chi connectivity index (χ4v) is 4.03. The zero-order chi connectivity index (χ0) is 15.6. The summed E-state index contributed by atoms with van der Waals surface area (Å²) in [6.07, 6.45) is 4.35. The standard InChI is InChI=1S/C19H30N2O/c1-16-8-9-17(2)21(16)15-19(22)10-12-20(13-11-19)14-18-6-4-3-5-7-18/h3-7,16-17,22H,8-15H2,1-2H3. The first-order chi connectivity index (χ1) is 10.6. The fourth-order valence-electron chi connectivity index (χ4n) is 4.03. The molecule has 1 N–H and O–H groups in total. The molecular weight excluding hydrogens is 272 g/mol. The third kappa shape index (κ3) is 3.70. The largest absolute Gasteiger partial charge is 0.388 e. The van der Waals surface area contributed by atoms with Crippen molar-refractivity contribution < 1.29 is 5.11 Å². The second kappa shape index (κ2) is 6.69. The molecule has 2 saturated heterocycles. The molecule has 2 aliphatic heterocycles. The summed E-state index contributed by atoms with van der Waals surface area (Å²) in [5, 5.41) is 11.0. The van der Waals surface area contributed by atoms with Crippen LogP contribution in [0.3, 0.4) is 0 Å². The fraction of sp³-hybridized carbons (Fsp3) is 0.684. The van der Waals surface area contributed by atoms with Gasteiger partial charge in [0.25, 0.3) is 0 Å². The first-order valence-electron chi connectivity index (χ1n) is 8.80. The van der Waals surface area contributed by atoms with Crippen molar-refractivity contribution in [2.45, 2.75) is 63.8 Å². The summed E-state index contributed by atoms with van der Waals surface area (Å²) in [5.41, 5.74) is 0.884. The van der Waals surface area contributed by atoms with Crippen molar-refractivity contribution in [3.05, 3.63) is 35.9 Å². The minimum Gasteiger partial charge on any atom is -0.388 e. The summed E-state index contributed by atoms with van der Waals surface area (Å²) in [6, 6.07) is 11.9. The summed E-state index contributed by atoms with van der Waals surface area (Å²) in [7, 11) is 0. The van der Waals surface area contributed by atoms with Gasteiger partial charge in [-0.3, -0.25) is 9.80 Å². The molecule has 0 saturated carbocycles. The van der Waals surface area contributed by atoms with Gasteiger partial charge in [-0.2, -0.15) is 0 Å². The SMILES string of the molecule is CC1CCC(C)N1CC1(O)CCN(Cc2ccccc2)CC1. The molecule has 3 rings (SSSR count). The van der Waals surface area contributed by atoms with Gasteiger partial charge in [-0.05, 0) is 45.1 Å². The van der Waals surface area contributed by atoms with Crippen LogP contribution < -0.4 is 0 Å². The molecule has 22 heavy (non-hydrogen) atoms. The van der Waals surface area contributed by atoms with E-state index in [-0.39, 0.29) is 0 Å². The highest BCUT2D eigenvalue weighted by Gasteiger charge is 2.38. The predicted octanol–water partition coefficient (Wildman–Crippen LogP) is 2.89. The van der Waals surface area contributed by atoms with Crippen LogP contribution in [0.15, 0.2) is 30.3 Å². The molecular formula is C19H30N2O. The lowest BCUT2D eigenvalue weighted by Crippen LogP contribution is -2.52. The van der Waals surface area contributed by atoms with E-state index in [1.165, 1.54) is 18.4 Å². The van der Waals surface area contributed by atoms with Crippen molar-refractivity contribution in [2.75, 3.05) is 19.6 Å². The van der Waals surface area contributed by atoms with E-state index in [1.54, 1.807) is 0 Å². The van der Waals surface area contributed by atoms with E-state index in [2.05, 4.69) is 54.0 Å². The van der Waals surface area contributed by atoms with Crippen molar-refractivity contribution >= 4 is 0 Å². The van der Waals surface area contributed by atoms with Crippen molar-refractivity contribution in [3.8, 4) is 0 Å². The second-order valence-electron chi connectivity index (χ2n) is 7.43. The number of benzene rings is 1. The lowest BCUT2D eigenvalue weighted by Gasteiger charge is -2.42. The van der Waals surface area contributed by atoms with Crippen molar-refractivity contribution in [3.63, 3.8) is 0 Å². The molecule has 2 fully saturated rings. The number of nitrogens with zero attached hydrogens (tertiary/aromatic N) is 2. The molecule has 1 aromatic rings. The van der Waals surface area contributed by atoms with E-state index in [9.17, 15) is 5.11 Å². The Morgan fingerprint density at radius 1 is 1.05 bits per heavy atom. The van der Waals surface area contributed by atoms with E-state index < -0.39 is 5.60 Å². The topological polar surface area (TPSA) is 26.7 Å². The van der Waals surface area contributed by atoms with Gasteiger partial charge in [-0.25, -0.2) is 0 Å². The third-order valence-corrected chi connectivity index (χ3v) is 5.65. The first-order valence-corrected chi connectivity index (χ1v) is 8.80. The summed E-state index contributed by atoms with van der Waals surface area (Å²) in [4.78, 5) is 4.99. The highest BCUT2D eigenvalue weighted by Crippen LogP contribution is 2.30. The number of likely N-dealkylation sites (tertiary alicyclic amines) is 2. The second-order valence-corrected chi connectivity index (χ2v) is 7.43. The molecule has 3 heteroatoms. The Morgan fingerprint density at radius 2 is 1.64 bits per heavy atom. The Kier molecular flexibility index (Phi) is 4.86. The zero-order valence-electron chi connectivity index (χ0n) is 14.0. The number of hydrogen-bond donors (Lipinski definition) is 1. The van der Waals surface area contributed by atoms with E-state index in [0.29, 0.717) is 12.1 Å². The van der Waals surface area contributed by atoms with Crippen LogP contribution >= 0.6 is 0 Å². The smallest absolute Gasteiger partial charge is 0.0798 e. The van der Waals surface area contributed by atoms with E-state index in [4.69, 9.17) is 0 Å². The zero-order valence-corrected chi connectivity index (χ0v) is 14.0. The quantitative estimate of drug-likeness (QED) is 0.926. The van der Waals surface area contributed by atoms with Gasteiger partial charge in [0.15, 0.2) is 0 Å². The van der Waals surface area contributed by atoms with Gasteiger partial charge in [0, 0.05) is 38.3 Å². The number of rotatable bonds is 4. The van der Waals surface area contributed by atoms with E-state index in [1.807, 2.05) is 0 Å². The molecule has 0 radical (unpaired) electrons. The molecule has 1 aromatic carbocycles. The number of β-amino-alcohol motifs (C(OH)–C–C–N with tert-alkyl or cyclic N) is 1. The van der Waals surface area contributed by atoms with Crippen LogP contribution in [0.5, 0.6) is 0 Å². The maximum absolute atomic E-state index is 11.0. The molecule has 2 aliphatic rings. The minimum absolute atomic E-state index is 0.486. The summed E-state index contributed by atoms with van der Waals surface area (Å²) < 4.78 is 0. The average molecular weight is 302 g/mol. The van der Waals surface area contributed by atoms with Crippen LogP contribution in [-0.4, -0.2) is 52.2 Å². The monoisotopic (exact) mass is 302 g/mol. The molecule has 122 valence electrons.